The number of nitriles is 1. The first kappa shape index (κ1) is 15.5. The monoisotopic (exact) mass is 330 g/mol. The quantitative estimate of drug-likeness (QED) is 0.851. The minimum absolute atomic E-state index is 0.0950. The highest BCUT2D eigenvalue weighted by Gasteiger charge is 2.18. The molecule has 0 N–H and O–H groups in total. The number of likely N-dealkylation sites (N-methyl/N-ethyl adjacent to an activating group) is 1. The van der Waals surface area contributed by atoms with E-state index in [1.54, 1.807) is 24.3 Å². The van der Waals surface area contributed by atoms with E-state index in [9.17, 15) is 0 Å². The molecule has 0 amide bonds. The summed E-state index contributed by atoms with van der Waals surface area (Å²) >= 11 is 5.99. The summed E-state index contributed by atoms with van der Waals surface area (Å²) in [7, 11) is 2.08. The van der Waals surface area contributed by atoms with Crippen LogP contribution in [0.4, 0.5) is 5.95 Å². The SMILES string of the molecule is CN1CCN(c2nc(Cl)nc(Oc3ccc(C#N)cc3)n2)CC1. The molecule has 0 radical (unpaired) electrons. The average molecular weight is 331 g/mol. The Balaban J connectivity index is 1.78. The smallest absolute Gasteiger partial charge is 0.328 e. The summed E-state index contributed by atoms with van der Waals surface area (Å²) in [5.41, 5.74) is 0.559. The van der Waals surface area contributed by atoms with Crippen molar-refractivity contribution >= 4 is 17.5 Å². The molecule has 1 fully saturated rings. The minimum atomic E-state index is 0.0950. The van der Waals surface area contributed by atoms with Crippen LogP contribution in [0, 0.1) is 11.3 Å². The van der Waals surface area contributed by atoms with Gasteiger partial charge in [-0.2, -0.15) is 20.2 Å². The van der Waals surface area contributed by atoms with E-state index in [4.69, 9.17) is 21.6 Å². The van der Waals surface area contributed by atoms with Gasteiger partial charge in [0.05, 0.1) is 11.6 Å². The fourth-order valence-corrected chi connectivity index (χ4v) is 2.37. The Hall–Kier alpha value is -2.43. The fraction of sp³-hybridized carbons (Fsp3) is 0.333. The molecule has 0 spiro atoms. The van der Waals surface area contributed by atoms with E-state index in [0.717, 1.165) is 26.2 Å². The number of benzene rings is 1. The molecule has 3 rings (SSSR count). The second-order valence-corrected chi connectivity index (χ2v) is 5.55. The maximum absolute atomic E-state index is 8.80. The predicted octanol–water partition coefficient (Wildman–Crippen LogP) is 1.94. The van der Waals surface area contributed by atoms with Crippen LogP contribution in [0.25, 0.3) is 0 Å². The van der Waals surface area contributed by atoms with Crippen LogP contribution in [0.2, 0.25) is 5.28 Å². The van der Waals surface area contributed by atoms with Crippen LogP contribution < -0.4 is 9.64 Å². The van der Waals surface area contributed by atoms with E-state index in [1.165, 1.54) is 0 Å². The third kappa shape index (κ3) is 3.86. The topological polar surface area (TPSA) is 78.2 Å². The molecule has 0 atom stereocenters. The highest BCUT2D eigenvalue weighted by Crippen LogP contribution is 2.22. The van der Waals surface area contributed by atoms with Crippen LogP contribution in [-0.2, 0) is 0 Å². The molecule has 118 valence electrons. The van der Waals surface area contributed by atoms with Gasteiger partial charge in [0.2, 0.25) is 11.2 Å². The minimum Gasteiger partial charge on any atom is -0.424 e. The molecule has 2 aromatic rings. The molecule has 0 bridgehead atoms. The Labute approximate surface area is 139 Å². The molecule has 0 aliphatic carbocycles. The summed E-state index contributed by atoms with van der Waals surface area (Å²) in [6.07, 6.45) is 0. The summed E-state index contributed by atoms with van der Waals surface area (Å²) in [6, 6.07) is 8.90. The molecular formula is C15H15ClN6O. The van der Waals surface area contributed by atoms with Crippen molar-refractivity contribution in [3.63, 3.8) is 0 Å². The molecule has 0 saturated carbocycles. The van der Waals surface area contributed by atoms with Crippen molar-refractivity contribution in [3.8, 4) is 17.8 Å². The van der Waals surface area contributed by atoms with Crippen molar-refractivity contribution < 1.29 is 4.74 Å². The Morgan fingerprint density at radius 1 is 1.09 bits per heavy atom. The highest BCUT2D eigenvalue weighted by molar-refractivity contribution is 6.28. The molecule has 0 unspecified atom stereocenters. The predicted molar refractivity (Wildman–Crippen MR) is 85.8 cm³/mol. The number of aromatic nitrogens is 3. The zero-order valence-electron chi connectivity index (χ0n) is 12.6. The Morgan fingerprint density at radius 2 is 1.78 bits per heavy atom. The Bertz CT molecular complexity index is 722. The Morgan fingerprint density at radius 3 is 2.43 bits per heavy atom. The standard InChI is InChI=1S/C15H15ClN6O/c1-21-6-8-22(9-7-21)14-18-13(16)19-15(20-14)23-12-4-2-11(10-17)3-5-12/h2-5H,6-9H2,1H3. The lowest BCUT2D eigenvalue weighted by Gasteiger charge is -2.32. The molecule has 1 aromatic carbocycles. The molecule has 7 nitrogen and oxygen atoms in total. The number of nitrogens with zero attached hydrogens (tertiary/aromatic N) is 6. The first-order valence-corrected chi connectivity index (χ1v) is 7.55. The lowest BCUT2D eigenvalue weighted by Crippen LogP contribution is -2.45. The number of ether oxygens (including phenoxy) is 1. The average Bonchev–Trinajstić information content (AvgIpc) is 2.56. The number of hydrogen-bond acceptors (Lipinski definition) is 7. The lowest BCUT2D eigenvalue weighted by molar-refractivity contribution is 0.310. The fourth-order valence-electron chi connectivity index (χ4n) is 2.22. The van der Waals surface area contributed by atoms with Crippen molar-refractivity contribution in [1.82, 2.24) is 19.9 Å². The third-order valence-corrected chi connectivity index (χ3v) is 3.72. The van der Waals surface area contributed by atoms with E-state index < -0.39 is 0 Å². The van der Waals surface area contributed by atoms with E-state index in [0.29, 0.717) is 17.3 Å². The van der Waals surface area contributed by atoms with Gasteiger partial charge in [-0.05, 0) is 42.9 Å². The number of piperazine rings is 1. The van der Waals surface area contributed by atoms with Crippen LogP contribution in [0.1, 0.15) is 5.56 Å². The van der Waals surface area contributed by atoms with Crippen molar-refractivity contribution in [2.24, 2.45) is 0 Å². The molecular weight excluding hydrogens is 316 g/mol. The number of rotatable bonds is 3. The van der Waals surface area contributed by atoms with E-state index in [-0.39, 0.29) is 11.3 Å². The van der Waals surface area contributed by atoms with Gasteiger partial charge in [-0.3, -0.25) is 0 Å². The van der Waals surface area contributed by atoms with Gasteiger partial charge in [0, 0.05) is 26.2 Å². The van der Waals surface area contributed by atoms with Gasteiger partial charge in [0.1, 0.15) is 5.75 Å². The van der Waals surface area contributed by atoms with E-state index in [1.807, 2.05) is 0 Å². The van der Waals surface area contributed by atoms with Crippen molar-refractivity contribution in [1.29, 1.82) is 5.26 Å². The number of halogens is 1. The van der Waals surface area contributed by atoms with Crippen molar-refractivity contribution in [2.45, 2.75) is 0 Å². The van der Waals surface area contributed by atoms with Crippen molar-refractivity contribution in [3.05, 3.63) is 35.1 Å². The maximum atomic E-state index is 8.80. The van der Waals surface area contributed by atoms with E-state index in [2.05, 4.69) is 37.9 Å². The van der Waals surface area contributed by atoms with Gasteiger partial charge in [-0.15, -0.1) is 0 Å². The van der Waals surface area contributed by atoms with Crippen LogP contribution in [-0.4, -0.2) is 53.1 Å². The largest absolute Gasteiger partial charge is 0.424 e. The zero-order chi connectivity index (χ0) is 16.2. The van der Waals surface area contributed by atoms with Gasteiger partial charge in [-0.1, -0.05) is 0 Å². The third-order valence-electron chi connectivity index (χ3n) is 3.55. The first-order chi connectivity index (χ1) is 11.1. The first-order valence-electron chi connectivity index (χ1n) is 7.17. The second-order valence-electron chi connectivity index (χ2n) is 5.22. The highest BCUT2D eigenvalue weighted by atomic mass is 35.5. The molecule has 8 heteroatoms. The van der Waals surface area contributed by atoms with Crippen LogP contribution in [0.15, 0.2) is 24.3 Å². The maximum Gasteiger partial charge on any atom is 0.328 e. The molecule has 1 saturated heterocycles. The normalized spacial score (nSPS) is 15.3. The van der Waals surface area contributed by atoms with Gasteiger partial charge >= 0.3 is 6.01 Å². The van der Waals surface area contributed by atoms with Gasteiger partial charge < -0.3 is 14.5 Å². The summed E-state index contributed by atoms with van der Waals surface area (Å²) in [5.74, 6) is 1.05. The van der Waals surface area contributed by atoms with Crippen LogP contribution in [0.5, 0.6) is 11.8 Å². The zero-order valence-corrected chi connectivity index (χ0v) is 13.4. The second kappa shape index (κ2) is 6.77. The Kier molecular flexibility index (Phi) is 4.55. The van der Waals surface area contributed by atoms with Crippen molar-refractivity contribution in [2.75, 3.05) is 38.1 Å². The molecule has 1 aromatic heterocycles. The summed E-state index contributed by atoms with van der Waals surface area (Å²) < 4.78 is 5.62. The number of anilines is 1. The number of hydrogen-bond donors (Lipinski definition) is 0. The molecule has 1 aliphatic heterocycles. The molecule has 1 aliphatic rings. The lowest BCUT2D eigenvalue weighted by atomic mass is 10.2. The summed E-state index contributed by atoms with van der Waals surface area (Å²) in [6.45, 7) is 3.53. The van der Waals surface area contributed by atoms with Gasteiger partial charge in [0.15, 0.2) is 0 Å². The summed E-state index contributed by atoms with van der Waals surface area (Å²) in [4.78, 5) is 16.8. The summed E-state index contributed by atoms with van der Waals surface area (Å²) in [5, 5.41) is 8.90. The molecule has 23 heavy (non-hydrogen) atoms. The van der Waals surface area contributed by atoms with Crippen LogP contribution in [0.3, 0.4) is 0 Å². The van der Waals surface area contributed by atoms with Gasteiger partial charge in [-0.25, -0.2) is 0 Å². The molecule has 2 heterocycles. The van der Waals surface area contributed by atoms with E-state index >= 15 is 0 Å². The van der Waals surface area contributed by atoms with Crippen LogP contribution >= 0.6 is 11.6 Å². The van der Waals surface area contributed by atoms with Gasteiger partial charge in [0.25, 0.3) is 0 Å².